The largest absolute Gasteiger partial charge is 0.392 e. The van der Waals surface area contributed by atoms with Crippen LogP contribution in [0.1, 0.15) is 13.3 Å². The number of aliphatic hydroxyl groups excluding tert-OH is 1. The summed E-state index contributed by atoms with van der Waals surface area (Å²) in [6.45, 7) is 1.62. The standard InChI is InChI=1S/C5H15N3O/c1-3(9)4(6)2-5(7)8/h3-5,9H,2,6-8H2,1H3. The fourth-order valence-corrected chi connectivity index (χ4v) is 0.511. The van der Waals surface area contributed by atoms with Crippen molar-refractivity contribution in [2.75, 3.05) is 0 Å². The summed E-state index contributed by atoms with van der Waals surface area (Å²) in [5.74, 6) is 0. The Morgan fingerprint density at radius 1 is 1.33 bits per heavy atom. The van der Waals surface area contributed by atoms with Crippen LogP contribution in [0.25, 0.3) is 0 Å². The van der Waals surface area contributed by atoms with Crippen LogP contribution in [0.5, 0.6) is 0 Å². The van der Waals surface area contributed by atoms with Gasteiger partial charge in [0.1, 0.15) is 0 Å². The topological polar surface area (TPSA) is 98.3 Å². The van der Waals surface area contributed by atoms with Crippen LogP contribution < -0.4 is 17.2 Å². The second-order valence-corrected chi connectivity index (χ2v) is 2.30. The lowest BCUT2D eigenvalue weighted by molar-refractivity contribution is 0.155. The molecule has 7 N–H and O–H groups in total. The molecule has 0 spiro atoms. The van der Waals surface area contributed by atoms with Crippen LogP contribution >= 0.6 is 0 Å². The summed E-state index contributed by atoms with van der Waals surface area (Å²) in [5, 5.41) is 8.83. The predicted molar refractivity (Wildman–Crippen MR) is 36.4 cm³/mol. The molecule has 4 nitrogen and oxygen atoms in total. The molecule has 0 fully saturated rings. The maximum atomic E-state index is 8.83. The van der Waals surface area contributed by atoms with Crippen molar-refractivity contribution in [1.82, 2.24) is 0 Å². The van der Waals surface area contributed by atoms with Gasteiger partial charge in [0.25, 0.3) is 0 Å². The highest BCUT2D eigenvalue weighted by Gasteiger charge is 2.10. The molecule has 0 saturated heterocycles. The van der Waals surface area contributed by atoms with Crippen molar-refractivity contribution in [3.63, 3.8) is 0 Å². The second kappa shape index (κ2) is 3.79. The van der Waals surface area contributed by atoms with Gasteiger partial charge < -0.3 is 22.3 Å². The summed E-state index contributed by atoms with van der Waals surface area (Å²) >= 11 is 0. The lowest BCUT2D eigenvalue weighted by atomic mass is 10.1. The van der Waals surface area contributed by atoms with Crippen molar-refractivity contribution in [2.45, 2.75) is 31.7 Å². The Morgan fingerprint density at radius 3 is 1.89 bits per heavy atom. The molecule has 0 rings (SSSR count). The van der Waals surface area contributed by atoms with Crippen LogP contribution in [-0.4, -0.2) is 23.4 Å². The smallest absolute Gasteiger partial charge is 0.0664 e. The zero-order valence-corrected chi connectivity index (χ0v) is 5.62. The molecule has 0 aliphatic carbocycles. The van der Waals surface area contributed by atoms with Crippen LogP contribution in [-0.2, 0) is 0 Å². The first-order valence-electron chi connectivity index (χ1n) is 2.99. The van der Waals surface area contributed by atoms with Crippen molar-refractivity contribution in [3.05, 3.63) is 0 Å². The monoisotopic (exact) mass is 133 g/mol. The van der Waals surface area contributed by atoms with Crippen molar-refractivity contribution < 1.29 is 5.11 Å². The summed E-state index contributed by atoms with van der Waals surface area (Å²) in [6, 6.07) is -0.301. The molecule has 0 saturated carbocycles. The van der Waals surface area contributed by atoms with E-state index in [0.717, 1.165) is 0 Å². The van der Waals surface area contributed by atoms with E-state index in [4.69, 9.17) is 22.3 Å². The highest BCUT2D eigenvalue weighted by atomic mass is 16.3. The first-order valence-corrected chi connectivity index (χ1v) is 2.99. The SMILES string of the molecule is CC(O)C(N)CC(N)N. The van der Waals surface area contributed by atoms with Crippen LogP contribution in [0.15, 0.2) is 0 Å². The number of aliphatic hydroxyl groups is 1. The molecule has 2 unspecified atom stereocenters. The van der Waals surface area contributed by atoms with Gasteiger partial charge in [-0.25, -0.2) is 0 Å². The van der Waals surface area contributed by atoms with Crippen molar-refractivity contribution in [2.24, 2.45) is 17.2 Å². The normalized spacial score (nSPS) is 18.0. The average Bonchev–Trinajstić information content (AvgIpc) is 1.63. The van der Waals surface area contributed by atoms with E-state index in [-0.39, 0.29) is 6.04 Å². The van der Waals surface area contributed by atoms with E-state index < -0.39 is 12.3 Å². The molecule has 0 heterocycles. The van der Waals surface area contributed by atoms with Gasteiger partial charge in [-0.05, 0) is 13.3 Å². The highest BCUT2D eigenvalue weighted by molar-refractivity contribution is 4.70. The van der Waals surface area contributed by atoms with Crippen LogP contribution in [0.2, 0.25) is 0 Å². The molecule has 2 atom stereocenters. The van der Waals surface area contributed by atoms with Crippen LogP contribution in [0.4, 0.5) is 0 Å². The zero-order valence-electron chi connectivity index (χ0n) is 5.62. The van der Waals surface area contributed by atoms with Gasteiger partial charge in [-0.15, -0.1) is 0 Å². The summed E-state index contributed by atoms with van der Waals surface area (Å²) in [6.07, 6.45) is -0.494. The molecular formula is C5H15N3O. The molecule has 0 bridgehead atoms. The van der Waals surface area contributed by atoms with Crippen LogP contribution in [0, 0.1) is 0 Å². The summed E-state index contributed by atoms with van der Waals surface area (Å²) in [7, 11) is 0. The fourth-order valence-electron chi connectivity index (χ4n) is 0.511. The zero-order chi connectivity index (χ0) is 7.44. The van der Waals surface area contributed by atoms with Crippen LogP contribution in [0.3, 0.4) is 0 Å². The first-order chi connectivity index (χ1) is 4.04. The summed E-state index contributed by atoms with van der Waals surface area (Å²) < 4.78 is 0. The molecular weight excluding hydrogens is 118 g/mol. The minimum Gasteiger partial charge on any atom is -0.392 e. The van der Waals surface area contributed by atoms with E-state index in [9.17, 15) is 0 Å². The Hall–Kier alpha value is -0.160. The molecule has 9 heavy (non-hydrogen) atoms. The lowest BCUT2D eigenvalue weighted by Crippen LogP contribution is -2.42. The maximum absolute atomic E-state index is 8.83. The maximum Gasteiger partial charge on any atom is 0.0664 e. The minimum absolute atomic E-state index is 0.301. The Labute approximate surface area is 55.0 Å². The van der Waals surface area contributed by atoms with Gasteiger partial charge in [-0.3, -0.25) is 0 Å². The van der Waals surface area contributed by atoms with Crippen molar-refractivity contribution in [1.29, 1.82) is 0 Å². The first kappa shape index (κ1) is 8.84. The van der Waals surface area contributed by atoms with Gasteiger partial charge >= 0.3 is 0 Å². The molecule has 0 aromatic carbocycles. The summed E-state index contributed by atoms with van der Waals surface area (Å²) in [5.41, 5.74) is 15.8. The predicted octanol–water partition coefficient (Wildman–Crippen LogP) is -1.67. The van der Waals surface area contributed by atoms with E-state index in [0.29, 0.717) is 6.42 Å². The van der Waals surface area contributed by atoms with Gasteiger partial charge in [0.05, 0.1) is 12.3 Å². The number of rotatable bonds is 3. The number of nitrogens with two attached hydrogens (primary N) is 3. The lowest BCUT2D eigenvalue weighted by Gasteiger charge is -2.15. The molecule has 0 aromatic heterocycles. The Kier molecular flexibility index (Phi) is 3.72. The van der Waals surface area contributed by atoms with Gasteiger partial charge in [-0.1, -0.05) is 0 Å². The highest BCUT2D eigenvalue weighted by Crippen LogP contribution is 1.93. The van der Waals surface area contributed by atoms with Gasteiger partial charge in [0.15, 0.2) is 0 Å². The fraction of sp³-hybridized carbons (Fsp3) is 1.00. The molecule has 56 valence electrons. The Morgan fingerprint density at radius 2 is 1.78 bits per heavy atom. The third kappa shape index (κ3) is 4.35. The number of hydrogen-bond donors (Lipinski definition) is 4. The summed E-state index contributed by atoms with van der Waals surface area (Å²) in [4.78, 5) is 0. The molecule has 4 heteroatoms. The average molecular weight is 133 g/mol. The van der Waals surface area contributed by atoms with Gasteiger partial charge in [-0.2, -0.15) is 0 Å². The molecule has 0 aliphatic rings. The third-order valence-corrected chi connectivity index (χ3v) is 1.16. The van der Waals surface area contributed by atoms with E-state index in [1.54, 1.807) is 6.92 Å². The van der Waals surface area contributed by atoms with Gasteiger partial charge in [0.2, 0.25) is 0 Å². The third-order valence-electron chi connectivity index (χ3n) is 1.16. The molecule has 0 aromatic rings. The Bertz CT molecular complexity index is 74.6. The Balaban J connectivity index is 3.38. The van der Waals surface area contributed by atoms with E-state index in [1.165, 1.54) is 0 Å². The second-order valence-electron chi connectivity index (χ2n) is 2.30. The van der Waals surface area contributed by atoms with Crippen molar-refractivity contribution in [3.8, 4) is 0 Å². The van der Waals surface area contributed by atoms with Gasteiger partial charge in [0, 0.05) is 6.04 Å². The minimum atomic E-state index is -0.528. The van der Waals surface area contributed by atoms with E-state index in [1.807, 2.05) is 0 Å². The molecule has 0 aliphatic heterocycles. The van der Waals surface area contributed by atoms with E-state index in [2.05, 4.69) is 0 Å². The van der Waals surface area contributed by atoms with Crippen molar-refractivity contribution >= 4 is 0 Å². The number of hydrogen-bond acceptors (Lipinski definition) is 4. The molecule has 0 radical (unpaired) electrons. The van der Waals surface area contributed by atoms with E-state index >= 15 is 0 Å². The quantitative estimate of drug-likeness (QED) is 0.346. The molecule has 0 amide bonds.